The van der Waals surface area contributed by atoms with E-state index < -0.39 is 5.91 Å². The number of nitrogens with two attached hydrogens (primary N) is 2. The highest BCUT2D eigenvalue weighted by molar-refractivity contribution is 5.98. The molecule has 0 saturated heterocycles. The molecule has 19 heavy (non-hydrogen) atoms. The zero-order chi connectivity index (χ0) is 13.8. The van der Waals surface area contributed by atoms with Gasteiger partial charge in [-0.05, 0) is 25.1 Å². The van der Waals surface area contributed by atoms with Gasteiger partial charge in [0.05, 0.1) is 30.3 Å². The standard InChI is InChI=1S/C13H16N4O2/c1-2-17(8-9-4-3-5-19-9)12-6-10(13(15)18)11(14)7-16-12/h3-7H,2,8,14H2,1H3,(H2,15,18). The van der Waals surface area contributed by atoms with Crippen LogP contribution in [-0.4, -0.2) is 17.4 Å². The highest BCUT2D eigenvalue weighted by Crippen LogP contribution is 2.19. The minimum absolute atomic E-state index is 0.280. The van der Waals surface area contributed by atoms with E-state index >= 15 is 0 Å². The van der Waals surface area contributed by atoms with E-state index in [9.17, 15) is 4.79 Å². The summed E-state index contributed by atoms with van der Waals surface area (Å²) in [7, 11) is 0. The molecule has 4 N–H and O–H groups in total. The van der Waals surface area contributed by atoms with Crippen LogP contribution in [0.1, 0.15) is 23.0 Å². The van der Waals surface area contributed by atoms with Crippen LogP contribution < -0.4 is 16.4 Å². The lowest BCUT2D eigenvalue weighted by molar-refractivity contribution is 0.100. The van der Waals surface area contributed by atoms with E-state index in [0.717, 1.165) is 12.3 Å². The van der Waals surface area contributed by atoms with Gasteiger partial charge >= 0.3 is 0 Å². The van der Waals surface area contributed by atoms with Crippen LogP contribution in [0, 0.1) is 0 Å². The summed E-state index contributed by atoms with van der Waals surface area (Å²) >= 11 is 0. The van der Waals surface area contributed by atoms with Crippen molar-refractivity contribution >= 4 is 17.4 Å². The van der Waals surface area contributed by atoms with Gasteiger partial charge in [-0.15, -0.1) is 0 Å². The molecule has 0 aliphatic rings. The van der Waals surface area contributed by atoms with Crippen molar-refractivity contribution in [3.63, 3.8) is 0 Å². The van der Waals surface area contributed by atoms with E-state index in [-0.39, 0.29) is 11.3 Å². The first-order valence-corrected chi connectivity index (χ1v) is 5.94. The number of anilines is 2. The maximum absolute atomic E-state index is 11.3. The molecule has 6 heteroatoms. The first-order valence-electron chi connectivity index (χ1n) is 5.94. The van der Waals surface area contributed by atoms with Crippen LogP contribution in [0.15, 0.2) is 35.1 Å². The van der Waals surface area contributed by atoms with Crippen molar-refractivity contribution in [2.45, 2.75) is 13.5 Å². The molecule has 100 valence electrons. The fraction of sp³-hybridized carbons (Fsp3) is 0.231. The molecule has 2 aromatic rings. The fourth-order valence-electron chi connectivity index (χ4n) is 1.79. The van der Waals surface area contributed by atoms with Crippen LogP contribution in [0.25, 0.3) is 0 Å². The summed E-state index contributed by atoms with van der Waals surface area (Å²) in [4.78, 5) is 17.5. The number of hydrogen-bond donors (Lipinski definition) is 2. The van der Waals surface area contributed by atoms with Gasteiger partial charge in [-0.1, -0.05) is 0 Å². The number of primary amides is 1. The smallest absolute Gasteiger partial charge is 0.250 e. The number of nitrogen functional groups attached to an aromatic ring is 1. The quantitative estimate of drug-likeness (QED) is 0.846. The van der Waals surface area contributed by atoms with E-state index in [1.807, 2.05) is 24.0 Å². The van der Waals surface area contributed by atoms with E-state index in [4.69, 9.17) is 15.9 Å². The molecule has 0 spiro atoms. The zero-order valence-electron chi connectivity index (χ0n) is 10.7. The average molecular weight is 260 g/mol. The van der Waals surface area contributed by atoms with Crippen LogP contribution in [0.5, 0.6) is 0 Å². The van der Waals surface area contributed by atoms with Gasteiger partial charge in [0, 0.05) is 6.54 Å². The number of hydrogen-bond acceptors (Lipinski definition) is 5. The van der Waals surface area contributed by atoms with Gasteiger partial charge in [0.2, 0.25) is 0 Å². The topological polar surface area (TPSA) is 98.4 Å². The second-order valence-electron chi connectivity index (χ2n) is 4.09. The molecular formula is C13H16N4O2. The molecule has 2 heterocycles. The number of furan rings is 1. The highest BCUT2D eigenvalue weighted by Gasteiger charge is 2.13. The SMILES string of the molecule is CCN(Cc1ccco1)c1cc(C(N)=O)c(N)cn1. The second-order valence-corrected chi connectivity index (χ2v) is 4.09. The zero-order valence-corrected chi connectivity index (χ0v) is 10.7. The van der Waals surface area contributed by atoms with Crippen molar-refractivity contribution in [2.24, 2.45) is 5.73 Å². The summed E-state index contributed by atoms with van der Waals surface area (Å²) < 4.78 is 5.30. The summed E-state index contributed by atoms with van der Waals surface area (Å²) in [5, 5.41) is 0. The Hall–Kier alpha value is -2.50. The minimum atomic E-state index is -0.560. The average Bonchev–Trinajstić information content (AvgIpc) is 2.89. The summed E-state index contributed by atoms with van der Waals surface area (Å²) in [6.45, 7) is 3.28. The maximum atomic E-state index is 11.3. The van der Waals surface area contributed by atoms with Crippen molar-refractivity contribution in [1.82, 2.24) is 4.98 Å². The normalized spacial score (nSPS) is 10.4. The van der Waals surface area contributed by atoms with Gasteiger partial charge in [-0.25, -0.2) is 4.98 Å². The van der Waals surface area contributed by atoms with E-state index in [2.05, 4.69) is 4.98 Å². The molecule has 0 aliphatic carbocycles. The van der Waals surface area contributed by atoms with Crippen LogP contribution in [0.2, 0.25) is 0 Å². The van der Waals surface area contributed by atoms with E-state index in [0.29, 0.717) is 12.4 Å². The molecule has 6 nitrogen and oxygen atoms in total. The molecule has 2 rings (SSSR count). The third-order valence-corrected chi connectivity index (χ3v) is 2.82. The predicted molar refractivity (Wildman–Crippen MR) is 72.6 cm³/mol. The lowest BCUT2D eigenvalue weighted by Crippen LogP contribution is -2.24. The number of aromatic nitrogens is 1. The lowest BCUT2D eigenvalue weighted by atomic mass is 10.2. The Morgan fingerprint density at radius 2 is 2.32 bits per heavy atom. The van der Waals surface area contributed by atoms with Crippen LogP contribution >= 0.6 is 0 Å². The summed E-state index contributed by atoms with van der Waals surface area (Å²) in [5.74, 6) is 0.901. The third kappa shape index (κ3) is 2.85. The molecule has 1 amide bonds. The number of nitrogens with zero attached hydrogens (tertiary/aromatic N) is 2. The molecule has 2 aromatic heterocycles. The van der Waals surface area contributed by atoms with Crippen LogP contribution in [0.3, 0.4) is 0 Å². The Bertz CT molecular complexity index is 566. The van der Waals surface area contributed by atoms with Gasteiger partial charge in [0.25, 0.3) is 5.91 Å². The van der Waals surface area contributed by atoms with Gasteiger partial charge in [-0.2, -0.15) is 0 Å². The van der Waals surface area contributed by atoms with Crippen molar-refractivity contribution in [2.75, 3.05) is 17.2 Å². The molecule has 0 radical (unpaired) electrons. The van der Waals surface area contributed by atoms with Gasteiger partial charge in [0.15, 0.2) is 0 Å². The van der Waals surface area contributed by atoms with Crippen LogP contribution in [-0.2, 0) is 6.54 Å². The van der Waals surface area contributed by atoms with E-state index in [1.54, 1.807) is 12.3 Å². The van der Waals surface area contributed by atoms with Crippen molar-refractivity contribution < 1.29 is 9.21 Å². The molecule has 0 aliphatic heterocycles. The van der Waals surface area contributed by atoms with Gasteiger partial charge in [-0.3, -0.25) is 4.79 Å². The summed E-state index contributed by atoms with van der Waals surface area (Å²) in [6, 6.07) is 5.31. The number of carbonyl (C=O) groups excluding carboxylic acids is 1. The molecule has 0 saturated carbocycles. The molecule has 0 bridgehead atoms. The first-order chi connectivity index (χ1) is 9.11. The second kappa shape index (κ2) is 5.43. The molecule has 0 fully saturated rings. The molecule has 0 aromatic carbocycles. The van der Waals surface area contributed by atoms with Gasteiger partial charge in [0.1, 0.15) is 11.6 Å². The number of carbonyl (C=O) groups is 1. The Morgan fingerprint density at radius 3 is 2.89 bits per heavy atom. The van der Waals surface area contributed by atoms with Crippen LogP contribution in [0.4, 0.5) is 11.5 Å². The monoisotopic (exact) mass is 260 g/mol. The maximum Gasteiger partial charge on any atom is 0.250 e. The summed E-state index contributed by atoms with van der Waals surface area (Å²) in [6.07, 6.45) is 3.06. The lowest BCUT2D eigenvalue weighted by Gasteiger charge is -2.21. The number of pyridine rings is 1. The van der Waals surface area contributed by atoms with Crippen molar-refractivity contribution in [3.8, 4) is 0 Å². The third-order valence-electron chi connectivity index (χ3n) is 2.82. The Morgan fingerprint density at radius 1 is 1.53 bits per heavy atom. The summed E-state index contributed by atoms with van der Waals surface area (Å²) in [5.41, 5.74) is 11.5. The number of amides is 1. The van der Waals surface area contributed by atoms with Crippen molar-refractivity contribution in [3.05, 3.63) is 42.0 Å². The largest absolute Gasteiger partial charge is 0.467 e. The fourth-order valence-corrected chi connectivity index (χ4v) is 1.79. The molecular weight excluding hydrogens is 244 g/mol. The highest BCUT2D eigenvalue weighted by atomic mass is 16.3. The number of rotatable bonds is 5. The van der Waals surface area contributed by atoms with Gasteiger partial charge < -0.3 is 20.8 Å². The minimum Gasteiger partial charge on any atom is -0.467 e. The Balaban J connectivity index is 2.28. The first kappa shape index (κ1) is 12.9. The predicted octanol–water partition coefficient (Wildman–Crippen LogP) is 1.38. The Kier molecular flexibility index (Phi) is 3.70. The molecule has 0 atom stereocenters. The van der Waals surface area contributed by atoms with Crippen molar-refractivity contribution in [1.29, 1.82) is 0 Å². The van der Waals surface area contributed by atoms with E-state index in [1.165, 1.54) is 6.20 Å². The molecule has 0 unspecified atom stereocenters. The Labute approximate surface area is 111 Å².